The molecular formula is C33H28N2O3. The van der Waals surface area contributed by atoms with E-state index in [9.17, 15) is 4.79 Å². The predicted molar refractivity (Wildman–Crippen MR) is 145 cm³/mol. The molecule has 1 aromatic heterocycles. The van der Waals surface area contributed by atoms with Crippen LogP contribution in [-0.2, 0) is 14.3 Å². The minimum absolute atomic E-state index is 0.235. The van der Waals surface area contributed by atoms with Gasteiger partial charge in [0, 0.05) is 23.0 Å². The van der Waals surface area contributed by atoms with E-state index >= 15 is 0 Å². The number of carbonyl (C=O) groups excluding carboxylic acids is 1. The van der Waals surface area contributed by atoms with Gasteiger partial charge >= 0.3 is 5.97 Å². The van der Waals surface area contributed by atoms with Crippen molar-refractivity contribution in [2.75, 3.05) is 0 Å². The van der Waals surface area contributed by atoms with Crippen LogP contribution in [0.5, 0.6) is 0 Å². The zero-order valence-corrected chi connectivity index (χ0v) is 21.0. The van der Waals surface area contributed by atoms with E-state index < -0.39 is 5.79 Å². The first-order valence-electron chi connectivity index (χ1n) is 13.7. The fourth-order valence-electron chi connectivity index (χ4n) is 7.66. The summed E-state index contributed by atoms with van der Waals surface area (Å²) in [5.41, 5.74) is 4.76. The molecular weight excluding hydrogens is 472 g/mol. The van der Waals surface area contributed by atoms with Gasteiger partial charge in [0.15, 0.2) is 0 Å². The average Bonchev–Trinajstić information content (AvgIpc) is 2.95. The minimum atomic E-state index is -0.892. The molecule has 4 bridgehead atoms. The van der Waals surface area contributed by atoms with Gasteiger partial charge in [0.2, 0.25) is 0 Å². The van der Waals surface area contributed by atoms with Crippen LogP contribution in [0.15, 0.2) is 84.9 Å². The molecule has 5 heteroatoms. The number of carbonyl (C=O) groups is 1. The molecule has 0 atom stereocenters. The van der Waals surface area contributed by atoms with Gasteiger partial charge in [-0.05, 0) is 56.1 Å². The number of rotatable bonds is 3. The largest absolute Gasteiger partial charge is 0.450 e. The lowest BCUT2D eigenvalue weighted by molar-refractivity contribution is -0.299. The summed E-state index contributed by atoms with van der Waals surface area (Å²) in [7, 11) is 0. The molecule has 0 saturated heterocycles. The number of aromatic nitrogens is 2. The Labute approximate surface area is 221 Å². The molecule has 5 nitrogen and oxygen atoms in total. The standard InChI is InChI=1S/C33H28N2O3/c36-32-28(30-29(22-9-3-1-4-10-22)34-26-13-7-8-14-27(26)35-30)31(23-11-5-2-6-12-23)37-33(38-32)24-16-20-15-21(18-24)19-25(33)17-20/h1-14,20-21,24-25H,15-19H2. The number of para-hydroxylation sites is 2. The molecule has 0 N–H and O–H groups in total. The number of fused-ring (bicyclic) bond motifs is 1. The third-order valence-corrected chi connectivity index (χ3v) is 9.11. The Morgan fingerprint density at radius 2 is 1.13 bits per heavy atom. The van der Waals surface area contributed by atoms with Gasteiger partial charge in [-0.3, -0.25) is 0 Å². The highest BCUT2D eigenvalue weighted by molar-refractivity contribution is 6.25. The van der Waals surface area contributed by atoms with Crippen molar-refractivity contribution >= 4 is 28.3 Å². The van der Waals surface area contributed by atoms with Gasteiger partial charge in [0.1, 0.15) is 17.0 Å². The third-order valence-electron chi connectivity index (χ3n) is 9.11. The average molecular weight is 501 g/mol. The van der Waals surface area contributed by atoms with Crippen LogP contribution in [0.4, 0.5) is 0 Å². The van der Waals surface area contributed by atoms with Gasteiger partial charge in [-0.1, -0.05) is 72.8 Å². The first-order valence-corrected chi connectivity index (χ1v) is 13.7. The fourth-order valence-corrected chi connectivity index (χ4v) is 7.66. The number of esters is 1. The lowest BCUT2D eigenvalue weighted by atomic mass is 9.53. The first kappa shape index (κ1) is 22.0. The highest BCUT2D eigenvalue weighted by atomic mass is 16.7. The molecule has 1 aliphatic heterocycles. The van der Waals surface area contributed by atoms with Crippen molar-refractivity contribution in [3.63, 3.8) is 0 Å². The van der Waals surface area contributed by atoms with Crippen LogP contribution >= 0.6 is 0 Å². The molecule has 0 unspecified atom stereocenters. The molecule has 2 heterocycles. The zero-order valence-electron chi connectivity index (χ0n) is 21.0. The van der Waals surface area contributed by atoms with Crippen LogP contribution in [0.3, 0.4) is 0 Å². The van der Waals surface area contributed by atoms with Gasteiger partial charge in [-0.25, -0.2) is 14.8 Å². The zero-order chi connectivity index (χ0) is 25.3. The molecule has 188 valence electrons. The van der Waals surface area contributed by atoms with Crippen LogP contribution < -0.4 is 0 Å². The highest BCUT2D eigenvalue weighted by Gasteiger charge is 2.63. The summed E-state index contributed by atoms with van der Waals surface area (Å²) in [6.07, 6.45) is 5.60. The Morgan fingerprint density at radius 3 is 1.74 bits per heavy atom. The van der Waals surface area contributed by atoms with E-state index in [1.165, 1.54) is 6.42 Å². The molecule has 4 saturated carbocycles. The van der Waals surface area contributed by atoms with Crippen molar-refractivity contribution in [1.82, 2.24) is 9.97 Å². The molecule has 5 aliphatic rings. The summed E-state index contributed by atoms with van der Waals surface area (Å²) < 4.78 is 13.5. The molecule has 4 aromatic rings. The summed E-state index contributed by atoms with van der Waals surface area (Å²) in [6.45, 7) is 0. The maximum Gasteiger partial charge on any atom is 0.347 e. The summed E-state index contributed by atoms with van der Waals surface area (Å²) in [5, 5.41) is 0. The molecule has 9 rings (SSSR count). The third kappa shape index (κ3) is 3.27. The van der Waals surface area contributed by atoms with E-state index in [-0.39, 0.29) is 17.8 Å². The Hall–Kier alpha value is -3.99. The van der Waals surface area contributed by atoms with E-state index in [0.717, 1.165) is 59.7 Å². The highest BCUT2D eigenvalue weighted by Crippen LogP contribution is 2.62. The second-order valence-corrected chi connectivity index (χ2v) is 11.4. The molecule has 4 aliphatic carbocycles. The maximum absolute atomic E-state index is 14.3. The number of hydrogen-bond donors (Lipinski definition) is 0. The van der Waals surface area contributed by atoms with Crippen molar-refractivity contribution < 1.29 is 14.3 Å². The van der Waals surface area contributed by atoms with E-state index in [2.05, 4.69) is 0 Å². The SMILES string of the molecule is O=C1OC2(OC(c3ccccc3)=C1c1nc3ccccc3nc1-c1ccccc1)C1CC3CC(C1)CC2C3. The van der Waals surface area contributed by atoms with E-state index in [0.29, 0.717) is 22.7 Å². The van der Waals surface area contributed by atoms with Crippen molar-refractivity contribution in [3.8, 4) is 11.3 Å². The number of benzene rings is 3. The van der Waals surface area contributed by atoms with E-state index in [4.69, 9.17) is 19.4 Å². The smallest absolute Gasteiger partial charge is 0.347 e. The Balaban J connectivity index is 1.37. The van der Waals surface area contributed by atoms with Gasteiger partial charge < -0.3 is 9.47 Å². The predicted octanol–water partition coefficient (Wildman–Crippen LogP) is 6.89. The van der Waals surface area contributed by atoms with Crippen molar-refractivity contribution in [1.29, 1.82) is 0 Å². The molecule has 4 fully saturated rings. The summed E-state index contributed by atoms with van der Waals surface area (Å²) in [6, 6.07) is 27.7. The number of nitrogens with zero attached hydrogens (tertiary/aromatic N) is 2. The molecule has 1 spiro atoms. The van der Waals surface area contributed by atoms with Gasteiger partial charge in [-0.2, -0.15) is 0 Å². The summed E-state index contributed by atoms with van der Waals surface area (Å²) in [4.78, 5) is 24.3. The van der Waals surface area contributed by atoms with Gasteiger partial charge in [0.05, 0.1) is 16.7 Å². The lowest BCUT2D eigenvalue weighted by Crippen LogP contribution is -2.62. The molecule has 38 heavy (non-hydrogen) atoms. The fraction of sp³-hybridized carbons (Fsp3) is 0.303. The number of ether oxygens (including phenoxy) is 2. The van der Waals surface area contributed by atoms with Gasteiger partial charge in [0.25, 0.3) is 5.79 Å². The van der Waals surface area contributed by atoms with E-state index in [1.54, 1.807) is 0 Å². The van der Waals surface area contributed by atoms with Crippen LogP contribution in [0.2, 0.25) is 0 Å². The second kappa shape index (κ2) is 8.26. The Bertz CT molecular complexity index is 1570. The second-order valence-electron chi connectivity index (χ2n) is 11.4. The quantitative estimate of drug-likeness (QED) is 0.287. The van der Waals surface area contributed by atoms with E-state index in [1.807, 2.05) is 84.9 Å². The summed E-state index contributed by atoms with van der Waals surface area (Å²) in [5.74, 6) is 1.24. The molecule has 3 aromatic carbocycles. The van der Waals surface area contributed by atoms with Crippen molar-refractivity contribution in [3.05, 3.63) is 96.2 Å². The molecule has 0 radical (unpaired) electrons. The number of hydrogen-bond acceptors (Lipinski definition) is 5. The van der Waals surface area contributed by atoms with Gasteiger partial charge in [-0.15, -0.1) is 0 Å². The lowest BCUT2D eigenvalue weighted by Gasteiger charge is -2.60. The normalized spacial score (nSPS) is 29.5. The van der Waals surface area contributed by atoms with Crippen molar-refractivity contribution in [2.45, 2.75) is 37.9 Å². The first-order chi connectivity index (χ1) is 18.7. The van der Waals surface area contributed by atoms with Crippen molar-refractivity contribution in [2.24, 2.45) is 23.7 Å². The van der Waals surface area contributed by atoms with Crippen LogP contribution in [0.1, 0.15) is 43.4 Å². The maximum atomic E-state index is 14.3. The Morgan fingerprint density at radius 1 is 0.605 bits per heavy atom. The van der Waals surface area contributed by atoms with Crippen LogP contribution in [-0.4, -0.2) is 21.7 Å². The van der Waals surface area contributed by atoms with Crippen LogP contribution in [0, 0.1) is 23.7 Å². The summed E-state index contributed by atoms with van der Waals surface area (Å²) >= 11 is 0. The van der Waals surface area contributed by atoms with Crippen LogP contribution in [0.25, 0.3) is 33.6 Å². The topological polar surface area (TPSA) is 61.3 Å². The molecule has 0 amide bonds. The monoisotopic (exact) mass is 500 g/mol. The Kier molecular flexibility index (Phi) is 4.79. The minimum Gasteiger partial charge on any atom is -0.450 e.